The third-order valence-corrected chi connectivity index (χ3v) is 0.778. The van der Waals surface area contributed by atoms with Gasteiger partial charge in [0.1, 0.15) is 6.61 Å². The number of primary amides is 1. The van der Waals surface area contributed by atoms with Crippen molar-refractivity contribution in [3.8, 4) is 0 Å². The van der Waals surface area contributed by atoms with Crippen LogP contribution in [0, 0.1) is 0 Å². The van der Waals surface area contributed by atoms with E-state index >= 15 is 0 Å². The highest BCUT2D eigenvalue weighted by atomic mass is 16.5. The maximum absolute atomic E-state index is 10.3. The van der Waals surface area contributed by atoms with Gasteiger partial charge in [0.15, 0.2) is 0 Å². The number of ether oxygens (including phenoxy) is 1. The first-order chi connectivity index (χ1) is 4.66. The standard InChI is InChI=1S/C5H10N2O3/c6-3-5(9)10-2-1-4(7)8/h1-3,6H2,(H2,7,8). The molecule has 1 amide bonds. The summed E-state index contributed by atoms with van der Waals surface area (Å²) in [6, 6.07) is 0. The highest BCUT2D eigenvalue weighted by Crippen LogP contribution is 1.80. The predicted octanol–water partition coefficient (Wildman–Crippen LogP) is -1.64. The van der Waals surface area contributed by atoms with Gasteiger partial charge in [-0.25, -0.2) is 0 Å². The molecule has 0 atom stereocenters. The lowest BCUT2D eigenvalue weighted by Gasteiger charge is -1.98. The Morgan fingerprint density at radius 2 is 2.00 bits per heavy atom. The molecular formula is C5H10N2O3. The Balaban J connectivity index is 3.20. The molecule has 58 valence electrons. The maximum Gasteiger partial charge on any atom is 0.319 e. The van der Waals surface area contributed by atoms with Crippen molar-refractivity contribution < 1.29 is 14.3 Å². The van der Waals surface area contributed by atoms with Gasteiger partial charge in [0.2, 0.25) is 5.91 Å². The normalized spacial score (nSPS) is 8.90. The molecule has 5 nitrogen and oxygen atoms in total. The quantitative estimate of drug-likeness (QED) is 0.465. The fourth-order valence-electron chi connectivity index (χ4n) is 0.324. The number of nitrogens with two attached hydrogens (primary N) is 2. The van der Waals surface area contributed by atoms with E-state index in [0.29, 0.717) is 0 Å². The van der Waals surface area contributed by atoms with Gasteiger partial charge in [-0.1, -0.05) is 0 Å². The molecule has 0 bridgehead atoms. The number of hydrogen-bond donors (Lipinski definition) is 2. The molecule has 0 aromatic heterocycles. The summed E-state index contributed by atoms with van der Waals surface area (Å²) >= 11 is 0. The summed E-state index contributed by atoms with van der Waals surface area (Å²) < 4.78 is 4.44. The highest BCUT2D eigenvalue weighted by Gasteiger charge is 1.99. The second kappa shape index (κ2) is 4.75. The summed E-state index contributed by atoms with van der Waals surface area (Å²) in [4.78, 5) is 20.4. The lowest BCUT2D eigenvalue weighted by atomic mass is 10.4. The monoisotopic (exact) mass is 146 g/mol. The Bertz CT molecular complexity index is 135. The van der Waals surface area contributed by atoms with Crippen LogP contribution in [0.25, 0.3) is 0 Å². The second-order valence-electron chi connectivity index (χ2n) is 1.64. The first-order valence-electron chi connectivity index (χ1n) is 2.81. The van der Waals surface area contributed by atoms with Gasteiger partial charge in [-0.15, -0.1) is 0 Å². The summed E-state index contributed by atoms with van der Waals surface area (Å²) in [5.74, 6) is -1.02. The van der Waals surface area contributed by atoms with E-state index in [0.717, 1.165) is 0 Å². The van der Waals surface area contributed by atoms with Crippen LogP contribution in [-0.4, -0.2) is 25.0 Å². The zero-order valence-electron chi connectivity index (χ0n) is 5.50. The summed E-state index contributed by atoms with van der Waals surface area (Å²) in [5.41, 5.74) is 9.66. The minimum Gasteiger partial charge on any atom is -0.464 e. The SMILES string of the molecule is NCC(=O)OCCC(N)=O. The van der Waals surface area contributed by atoms with Gasteiger partial charge < -0.3 is 16.2 Å². The fourth-order valence-corrected chi connectivity index (χ4v) is 0.324. The lowest BCUT2D eigenvalue weighted by molar-refractivity contribution is -0.142. The van der Waals surface area contributed by atoms with E-state index in [1.54, 1.807) is 0 Å². The van der Waals surface area contributed by atoms with Crippen LogP contribution in [0.5, 0.6) is 0 Å². The molecule has 0 saturated carbocycles. The summed E-state index contributed by atoms with van der Waals surface area (Å²) in [7, 11) is 0. The molecule has 0 aromatic rings. The molecule has 0 heterocycles. The largest absolute Gasteiger partial charge is 0.464 e. The molecule has 0 saturated heterocycles. The first kappa shape index (κ1) is 8.90. The number of esters is 1. The molecule has 10 heavy (non-hydrogen) atoms. The molecule has 0 aliphatic rings. The van der Waals surface area contributed by atoms with E-state index in [1.165, 1.54) is 0 Å². The van der Waals surface area contributed by atoms with Gasteiger partial charge >= 0.3 is 5.97 Å². The molecule has 0 spiro atoms. The maximum atomic E-state index is 10.3. The predicted molar refractivity (Wildman–Crippen MR) is 33.8 cm³/mol. The zero-order valence-corrected chi connectivity index (χ0v) is 5.50. The summed E-state index contributed by atoms with van der Waals surface area (Å²) in [6.45, 7) is -0.149. The Morgan fingerprint density at radius 3 is 2.40 bits per heavy atom. The topological polar surface area (TPSA) is 95.4 Å². The number of carbonyl (C=O) groups excluding carboxylic acids is 2. The van der Waals surface area contributed by atoms with E-state index in [-0.39, 0.29) is 19.6 Å². The Labute approximate surface area is 58.3 Å². The van der Waals surface area contributed by atoms with Crippen LogP contribution in [0.2, 0.25) is 0 Å². The van der Waals surface area contributed by atoms with E-state index < -0.39 is 11.9 Å². The molecule has 0 aliphatic carbocycles. The molecule has 0 aliphatic heterocycles. The number of rotatable bonds is 4. The molecule has 5 heteroatoms. The van der Waals surface area contributed by atoms with Gasteiger partial charge in [-0.2, -0.15) is 0 Å². The number of hydrogen-bond acceptors (Lipinski definition) is 4. The third-order valence-electron chi connectivity index (χ3n) is 0.778. The van der Waals surface area contributed by atoms with Gasteiger partial charge in [0.25, 0.3) is 0 Å². The molecule has 0 fully saturated rings. The second-order valence-corrected chi connectivity index (χ2v) is 1.64. The average Bonchev–Trinajstić information content (AvgIpc) is 1.87. The highest BCUT2D eigenvalue weighted by molar-refractivity contribution is 5.75. The fraction of sp³-hybridized carbons (Fsp3) is 0.600. The van der Waals surface area contributed by atoms with Crippen molar-refractivity contribution in [3.05, 3.63) is 0 Å². The van der Waals surface area contributed by atoms with Crippen molar-refractivity contribution in [2.75, 3.05) is 13.2 Å². The van der Waals surface area contributed by atoms with Crippen molar-refractivity contribution in [1.82, 2.24) is 0 Å². The van der Waals surface area contributed by atoms with E-state index in [4.69, 9.17) is 11.5 Å². The first-order valence-corrected chi connectivity index (χ1v) is 2.81. The van der Waals surface area contributed by atoms with Crippen molar-refractivity contribution >= 4 is 11.9 Å². The van der Waals surface area contributed by atoms with Gasteiger partial charge in [0.05, 0.1) is 13.0 Å². The summed E-state index contributed by atoms with van der Waals surface area (Å²) in [6.07, 6.45) is 0.0474. The van der Waals surface area contributed by atoms with Crippen molar-refractivity contribution in [2.24, 2.45) is 11.5 Å². The third kappa shape index (κ3) is 5.04. The molecule has 4 N–H and O–H groups in total. The molecule has 0 unspecified atom stereocenters. The number of amides is 1. The Morgan fingerprint density at radius 1 is 1.40 bits per heavy atom. The van der Waals surface area contributed by atoms with Crippen LogP contribution in [0.1, 0.15) is 6.42 Å². The summed E-state index contributed by atoms with van der Waals surface area (Å²) in [5, 5.41) is 0. The number of carbonyl (C=O) groups is 2. The van der Waals surface area contributed by atoms with Crippen molar-refractivity contribution in [2.45, 2.75) is 6.42 Å². The van der Waals surface area contributed by atoms with Gasteiger partial charge in [-0.3, -0.25) is 9.59 Å². The van der Waals surface area contributed by atoms with E-state index in [2.05, 4.69) is 4.74 Å². The molecule has 0 aromatic carbocycles. The van der Waals surface area contributed by atoms with E-state index in [9.17, 15) is 9.59 Å². The van der Waals surface area contributed by atoms with Crippen LogP contribution >= 0.6 is 0 Å². The van der Waals surface area contributed by atoms with Crippen molar-refractivity contribution in [3.63, 3.8) is 0 Å². The Kier molecular flexibility index (Phi) is 4.23. The Hall–Kier alpha value is -1.10. The molecule has 0 rings (SSSR count). The van der Waals surface area contributed by atoms with Crippen molar-refractivity contribution in [1.29, 1.82) is 0 Å². The van der Waals surface area contributed by atoms with Gasteiger partial charge in [-0.05, 0) is 0 Å². The zero-order chi connectivity index (χ0) is 7.98. The van der Waals surface area contributed by atoms with E-state index in [1.807, 2.05) is 0 Å². The van der Waals surface area contributed by atoms with Crippen LogP contribution in [0.3, 0.4) is 0 Å². The minimum absolute atomic E-state index is 0.0192. The van der Waals surface area contributed by atoms with Gasteiger partial charge in [0, 0.05) is 0 Å². The minimum atomic E-state index is -0.527. The van der Waals surface area contributed by atoms with Crippen LogP contribution in [0.15, 0.2) is 0 Å². The molecular weight excluding hydrogens is 136 g/mol. The van der Waals surface area contributed by atoms with Crippen LogP contribution < -0.4 is 11.5 Å². The van der Waals surface area contributed by atoms with Crippen LogP contribution in [-0.2, 0) is 14.3 Å². The lowest BCUT2D eigenvalue weighted by Crippen LogP contribution is -2.20. The van der Waals surface area contributed by atoms with Crippen LogP contribution in [0.4, 0.5) is 0 Å². The molecule has 0 radical (unpaired) electrons. The smallest absolute Gasteiger partial charge is 0.319 e. The average molecular weight is 146 g/mol.